The van der Waals surface area contributed by atoms with Crippen LogP contribution < -0.4 is 0 Å². The van der Waals surface area contributed by atoms with Gasteiger partial charge in [-0.3, -0.25) is 0 Å². The number of likely N-dealkylation sites (N-methyl/N-ethyl adjacent to an activating group) is 3. The third-order valence-corrected chi connectivity index (χ3v) is 4.63. The summed E-state index contributed by atoms with van der Waals surface area (Å²) in [6, 6.07) is 4.18. The second-order valence-electron chi connectivity index (χ2n) is 11.2. The fraction of sp³-hybridized carbons (Fsp3) is 0.625. The molecular weight excluding hydrogens is 426 g/mol. The minimum absolute atomic E-state index is 0.107. The van der Waals surface area contributed by atoms with Gasteiger partial charge in [-0.05, 0) is 18.2 Å². The van der Waals surface area contributed by atoms with Crippen LogP contribution in [0.25, 0.3) is 0 Å². The van der Waals surface area contributed by atoms with Crippen molar-refractivity contribution in [3.8, 4) is 0 Å². The first kappa shape index (κ1) is 28.5. The van der Waals surface area contributed by atoms with Crippen molar-refractivity contribution in [2.24, 2.45) is 0 Å². The zero-order valence-corrected chi connectivity index (χ0v) is 21.8. The summed E-state index contributed by atoms with van der Waals surface area (Å²) in [5.41, 5.74) is 0.322. The van der Waals surface area contributed by atoms with Crippen molar-refractivity contribution in [2.45, 2.75) is 0 Å². The van der Waals surface area contributed by atoms with Crippen molar-refractivity contribution in [1.82, 2.24) is 0 Å². The maximum absolute atomic E-state index is 12.6. The first-order valence-corrected chi connectivity index (χ1v) is 11.0. The fourth-order valence-corrected chi connectivity index (χ4v) is 2.47. The monoisotopic (exact) mass is 468 g/mol. The Morgan fingerprint density at radius 3 is 0.909 bits per heavy atom. The van der Waals surface area contributed by atoms with Crippen LogP contribution in [-0.2, 0) is 14.2 Å². The predicted molar refractivity (Wildman–Crippen MR) is 126 cm³/mol. The highest BCUT2D eigenvalue weighted by Gasteiger charge is 2.21. The Hall–Kier alpha value is -2.49. The van der Waals surface area contributed by atoms with Gasteiger partial charge in [-0.2, -0.15) is 0 Å². The number of nitrogens with zero attached hydrogens (tertiary/aromatic N) is 3. The summed E-state index contributed by atoms with van der Waals surface area (Å²) in [5, 5.41) is 0. The summed E-state index contributed by atoms with van der Waals surface area (Å²) in [6.45, 7) is 2.51. The molecule has 186 valence electrons. The maximum atomic E-state index is 12.6. The molecule has 1 aromatic carbocycles. The molecule has 0 spiro atoms. The number of ether oxygens (including phenoxy) is 3. The number of hydrogen-bond donors (Lipinski definition) is 0. The Bertz CT molecular complexity index is 710. The lowest BCUT2D eigenvalue weighted by Gasteiger charge is -2.23. The average Bonchev–Trinajstić information content (AvgIpc) is 2.64. The zero-order chi connectivity index (χ0) is 25.4. The van der Waals surface area contributed by atoms with E-state index in [-0.39, 0.29) is 36.5 Å². The SMILES string of the molecule is C[N+](C)(C)CCOC(=O)c1cc(C(=O)OCC[N+](C)(C)C)cc(C(=O)OCC[N+](C)(C)C)c1. The molecule has 9 heteroatoms. The van der Waals surface area contributed by atoms with Crippen LogP contribution in [0.1, 0.15) is 31.1 Å². The largest absolute Gasteiger partial charge is 0.456 e. The van der Waals surface area contributed by atoms with E-state index in [2.05, 4.69) is 0 Å². The highest BCUT2D eigenvalue weighted by atomic mass is 16.5. The van der Waals surface area contributed by atoms with Gasteiger partial charge in [0.15, 0.2) is 0 Å². The molecule has 9 nitrogen and oxygen atoms in total. The molecular formula is C24H42N3O6+3. The molecule has 0 saturated carbocycles. The quantitative estimate of drug-likeness (QED) is 0.261. The van der Waals surface area contributed by atoms with Crippen LogP contribution >= 0.6 is 0 Å². The lowest BCUT2D eigenvalue weighted by Crippen LogP contribution is -2.38. The van der Waals surface area contributed by atoms with Gasteiger partial charge >= 0.3 is 17.9 Å². The Balaban J connectivity index is 3.05. The van der Waals surface area contributed by atoms with Gasteiger partial charge < -0.3 is 27.7 Å². The number of carbonyl (C=O) groups excluding carboxylic acids is 3. The van der Waals surface area contributed by atoms with Gasteiger partial charge in [0.2, 0.25) is 0 Å². The summed E-state index contributed by atoms with van der Waals surface area (Å²) in [6.07, 6.45) is 0. The molecule has 33 heavy (non-hydrogen) atoms. The minimum Gasteiger partial charge on any atom is -0.456 e. The molecule has 0 unspecified atom stereocenters. The van der Waals surface area contributed by atoms with Crippen molar-refractivity contribution < 1.29 is 42.0 Å². The molecule has 0 heterocycles. The molecule has 1 rings (SSSR count). The van der Waals surface area contributed by atoms with Crippen molar-refractivity contribution in [3.05, 3.63) is 34.9 Å². The van der Waals surface area contributed by atoms with Crippen LogP contribution in [-0.4, -0.2) is 134 Å². The number of carbonyl (C=O) groups is 3. The van der Waals surface area contributed by atoms with E-state index in [0.717, 1.165) is 0 Å². The summed E-state index contributed by atoms with van der Waals surface area (Å²) >= 11 is 0. The second kappa shape index (κ2) is 11.6. The van der Waals surface area contributed by atoms with Gasteiger partial charge in [-0.1, -0.05) is 0 Å². The van der Waals surface area contributed by atoms with Crippen LogP contribution in [0.15, 0.2) is 18.2 Å². The maximum Gasteiger partial charge on any atom is 0.338 e. The molecule has 0 bridgehead atoms. The van der Waals surface area contributed by atoms with Crippen LogP contribution in [0.5, 0.6) is 0 Å². The summed E-state index contributed by atoms with van der Waals surface area (Å²) < 4.78 is 18.0. The molecule has 0 saturated heterocycles. The fourth-order valence-electron chi connectivity index (χ4n) is 2.47. The first-order valence-electron chi connectivity index (χ1n) is 11.0. The molecule has 0 fully saturated rings. The van der Waals surface area contributed by atoms with E-state index in [4.69, 9.17) is 14.2 Å². The molecule has 0 aliphatic heterocycles. The second-order valence-corrected chi connectivity index (χ2v) is 11.2. The van der Waals surface area contributed by atoms with Crippen LogP contribution in [0.3, 0.4) is 0 Å². The third-order valence-electron chi connectivity index (χ3n) is 4.63. The molecule has 1 aromatic rings. The summed E-state index contributed by atoms with van der Waals surface area (Å²) in [7, 11) is 17.9. The molecule has 0 amide bonds. The van der Waals surface area contributed by atoms with Gasteiger partial charge in [0.05, 0.1) is 80.1 Å². The van der Waals surface area contributed by atoms with E-state index in [0.29, 0.717) is 33.1 Å². The predicted octanol–water partition coefficient (Wildman–Crippen LogP) is 1.28. The van der Waals surface area contributed by atoms with Crippen LogP contribution in [0.4, 0.5) is 0 Å². The van der Waals surface area contributed by atoms with Gasteiger partial charge in [0.25, 0.3) is 0 Å². The zero-order valence-electron chi connectivity index (χ0n) is 21.8. The Morgan fingerprint density at radius 2 is 0.727 bits per heavy atom. The van der Waals surface area contributed by atoms with Crippen molar-refractivity contribution in [2.75, 3.05) is 103 Å². The highest BCUT2D eigenvalue weighted by Crippen LogP contribution is 2.15. The van der Waals surface area contributed by atoms with Gasteiger partial charge in [0, 0.05) is 0 Å². The summed E-state index contributed by atoms with van der Waals surface area (Å²) in [4.78, 5) is 37.9. The van der Waals surface area contributed by atoms with E-state index < -0.39 is 17.9 Å². The van der Waals surface area contributed by atoms with E-state index in [1.165, 1.54) is 18.2 Å². The standard InChI is InChI=1S/C24H42N3O6/c1-25(2,3)10-13-31-22(28)19-16-20(23(29)32-14-11-26(4,5)6)18-21(17-19)24(30)33-15-12-27(7,8)9/h16-18H,10-15H2,1-9H3/q+3. The molecule has 0 N–H and O–H groups in total. The smallest absolute Gasteiger partial charge is 0.338 e. The van der Waals surface area contributed by atoms with E-state index in [1.54, 1.807) is 0 Å². The topological polar surface area (TPSA) is 78.9 Å². The Kier molecular flexibility index (Phi) is 10.0. The first-order chi connectivity index (χ1) is 15.0. The van der Waals surface area contributed by atoms with Crippen LogP contribution in [0, 0.1) is 0 Å². The van der Waals surface area contributed by atoms with Gasteiger partial charge in [0.1, 0.15) is 39.5 Å². The lowest BCUT2D eigenvalue weighted by atomic mass is 10.1. The van der Waals surface area contributed by atoms with E-state index in [9.17, 15) is 14.4 Å². The molecule has 0 radical (unpaired) electrons. The average molecular weight is 469 g/mol. The number of hydrogen-bond acceptors (Lipinski definition) is 6. The third kappa shape index (κ3) is 12.4. The molecule has 0 aliphatic rings. The van der Waals surface area contributed by atoms with Gasteiger partial charge in [-0.15, -0.1) is 0 Å². The normalized spacial score (nSPS) is 12.3. The number of benzene rings is 1. The Labute approximate surface area is 198 Å². The highest BCUT2D eigenvalue weighted by molar-refractivity contribution is 6.00. The number of rotatable bonds is 12. The lowest BCUT2D eigenvalue weighted by molar-refractivity contribution is -0.870. The van der Waals surface area contributed by atoms with Crippen LogP contribution in [0.2, 0.25) is 0 Å². The molecule has 0 aromatic heterocycles. The Morgan fingerprint density at radius 1 is 0.515 bits per heavy atom. The van der Waals surface area contributed by atoms with E-state index in [1.807, 2.05) is 63.4 Å². The number of quaternary nitrogens is 3. The summed E-state index contributed by atoms with van der Waals surface area (Å²) in [5.74, 6) is -1.82. The molecule has 0 atom stereocenters. The number of esters is 3. The van der Waals surface area contributed by atoms with E-state index >= 15 is 0 Å². The molecule has 0 aliphatic carbocycles. The van der Waals surface area contributed by atoms with Gasteiger partial charge in [-0.25, -0.2) is 14.4 Å². The van der Waals surface area contributed by atoms with Crippen molar-refractivity contribution in [1.29, 1.82) is 0 Å². The van der Waals surface area contributed by atoms with Crippen molar-refractivity contribution >= 4 is 17.9 Å². The van der Waals surface area contributed by atoms with Crippen molar-refractivity contribution in [3.63, 3.8) is 0 Å². The minimum atomic E-state index is -0.607.